The molecule has 1 aromatic carbocycles. The number of nitrogens with zero attached hydrogens (tertiary/aromatic N) is 1. The van der Waals surface area contributed by atoms with E-state index in [0.717, 1.165) is 43.7 Å². The number of hydrogen-bond donors (Lipinski definition) is 1. The quantitative estimate of drug-likeness (QED) is 0.676. The van der Waals surface area contributed by atoms with Crippen LogP contribution in [0.3, 0.4) is 0 Å². The zero-order chi connectivity index (χ0) is 18.9. The van der Waals surface area contributed by atoms with Crippen molar-refractivity contribution in [3.63, 3.8) is 0 Å². The summed E-state index contributed by atoms with van der Waals surface area (Å²) in [5.41, 5.74) is 0.736. The normalized spacial score (nSPS) is 23.7. The van der Waals surface area contributed by atoms with E-state index in [9.17, 15) is 4.79 Å². The van der Waals surface area contributed by atoms with Crippen LogP contribution in [0.5, 0.6) is 5.75 Å². The van der Waals surface area contributed by atoms with Crippen LogP contribution in [-0.4, -0.2) is 43.1 Å². The Labute approximate surface area is 164 Å². The molecule has 0 bridgehead atoms. The van der Waals surface area contributed by atoms with Crippen molar-refractivity contribution in [1.82, 2.24) is 10.2 Å². The van der Waals surface area contributed by atoms with Gasteiger partial charge in [0.25, 0.3) is 5.91 Å². The van der Waals surface area contributed by atoms with E-state index in [1.165, 1.54) is 51.6 Å². The summed E-state index contributed by atoms with van der Waals surface area (Å²) in [6, 6.07) is 7.92. The molecular weight excluding hydrogens is 336 g/mol. The Kier molecular flexibility index (Phi) is 8.00. The Morgan fingerprint density at radius 2 is 1.81 bits per heavy atom. The van der Waals surface area contributed by atoms with E-state index in [-0.39, 0.29) is 5.91 Å². The fourth-order valence-electron chi connectivity index (χ4n) is 4.38. The molecule has 150 valence electrons. The van der Waals surface area contributed by atoms with Gasteiger partial charge in [-0.15, -0.1) is 0 Å². The lowest BCUT2D eigenvalue weighted by atomic mass is 9.83. The molecule has 4 heteroatoms. The molecule has 1 aliphatic carbocycles. The second-order valence-electron chi connectivity index (χ2n) is 8.21. The second-order valence-corrected chi connectivity index (χ2v) is 8.21. The van der Waals surface area contributed by atoms with Gasteiger partial charge in [0.2, 0.25) is 0 Å². The van der Waals surface area contributed by atoms with Crippen molar-refractivity contribution in [2.24, 2.45) is 5.92 Å². The third-order valence-electron chi connectivity index (χ3n) is 6.05. The summed E-state index contributed by atoms with van der Waals surface area (Å²) >= 11 is 0. The first-order valence-electron chi connectivity index (χ1n) is 11.0. The standard InChI is InChI=1S/C23H36N2O2/c1-2-3-17-27-21-13-11-19(12-14-21)23(26)24-22-10-6-5-9-20(22)18-25-15-7-4-8-16-25/h11-14,20,22H,2-10,15-18H2,1H3,(H,24,26)/t20-,22+/m0/s1. The number of carbonyl (C=O) groups is 1. The molecule has 1 heterocycles. The summed E-state index contributed by atoms with van der Waals surface area (Å²) in [5, 5.41) is 3.34. The van der Waals surface area contributed by atoms with E-state index in [2.05, 4.69) is 17.1 Å². The molecule has 1 amide bonds. The van der Waals surface area contributed by atoms with Gasteiger partial charge in [0.1, 0.15) is 5.75 Å². The Bertz CT molecular complexity index is 566. The minimum Gasteiger partial charge on any atom is -0.494 e. The Morgan fingerprint density at radius 3 is 2.56 bits per heavy atom. The Hall–Kier alpha value is -1.55. The third-order valence-corrected chi connectivity index (χ3v) is 6.05. The van der Waals surface area contributed by atoms with Crippen molar-refractivity contribution in [2.45, 2.75) is 70.8 Å². The largest absolute Gasteiger partial charge is 0.494 e. The smallest absolute Gasteiger partial charge is 0.251 e. The highest BCUT2D eigenvalue weighted by Crippen LogP contribution is 2.27. The highest BCUT2D eigenvalue weighted by atomic mass is 16.5. The topological polar surface area (TPSA) is 41.6 Å². The highest BCUT2D eigenvalue weighted by molar-refractivity contribution is 5.94. The SMILES string of the molecule is CCCCOc1ccc(C(=O)N[C@@H]2CCCC[C@H]2CN2CCCCC2)cc1. The zero-order valence-corrected chi connectivity index (χ0v) is 16.9. The molecule has 4 nitrogen and oxygen atoms in total. The number of nitrogens with one attached hydrogen (secondary N) is 1. The lowest BCUT2D eigenvalue weighted by Crippen LogP contribution is -2.47. The molecule has 0 spiro atoms. The molecule has 2 aliphatic rings. The average molecular weight is 373 g/mol. The third kappa shape index (κ3) is 6.24. The van der Waals surface area contributed by atoms with Crippen LogP contribution in [0.25, 0.3) is 0 Å². The first kappa shape index (κ1) is 20.2. The number of unbranched alkanes of at least 4 members (excludes halogenated alkanes) is 1. The number of rotatable bonds is 8. The van der Waals surface area contributed by atoms with Gasteiger partial charge in [-0.3, -0.25) is 4.79 Å². The van der Waals surface area contributed by atoms with Crippen molar-refractivity contribution in [3.8, 4) is 5.75 Å². The summed E-state index contributed by atoms with van der Waals surface area (Å²) in [7, 11) is 0. The maximum Gasteiger partial charge on any atom is 0.251 e. The minimum atomic E-state index is 0.0608. The molecule has 0 unspecified atom stereocenters. The molecule has 0 aromatic heterocycles. The van der Waals surface area contributed by atoms with E-state index in [0.29, 0.717) is 12.0 Å². The van der Waals surface area contributed by atoms with Crippen molar-refractivity contribution in [2.75, 3.05) is 26.2 Å². The lowest BCUT2D eigenvalue weighted by molar-refractivity contribution is 0.0877. The highest BCUT2D eigenvalue weighted by Gasteiger charge is 2.28. The maximum absolute atomic E-state index is 12.8. The fourth-order valence-corrected chi connectivity index (χ4v) is 4.38. The monoisotopic (exact) mass is 372 g/mol. The van der Waals surface area contributed by atoms with E-state index in [1.807, 2.05) is 24.3 Å². The zero-order valence-electron chi connectivity index (χ0n) is 16.9. The van der Waals surface area contributed by atoms with Gasteiger partial charge in [-0.2, -0.15) is 0 Å². The summed E-state index contributed by atoms with van der Waals surface area (Å²) in [4.78, 5) is 15.4. The number of hydrogen-bond acceptors (Lipinski definition) is 3. The van der Waals surface area contributed by atoms with Crippen LogP contribution in [0, 0.1) is 5.92 Å². The van der Waals surface area contributed by atoms with Crippen LogP contribution in [-0.2, 0) is 0 Å². The van der Waals surface area contributed by atoms with E-state index >= 15 is 0 Å². The molecule has 3 rings (SSSR count). The van der Waals surface area contributed by atoms with Crippen LogP contribution in [0.1, 0.15) is 75.1 Å². The molecule has 27 heavy (non-hydrogen) atoms. The summed E-state index contributed by atoms with van der Waals surface area (Å²) in [5.74, 6) is 1.50. The van der Waals surface area contributed by atoms with Crippen molar-refractivity contribution >= 4 is 5.91 Å². The van der Waals surface area contributed by atoms with Crippen molar-refractivity contribution < 1.29 is 9.53 Å². The minimum absolute atomic E-state index is 0.0608. The van der Waals surface area contributed by atoms with Crippen LogP contribution in [0.4, 0.5) is 0 Å². The second kappa shape index (κ2) is 10.7. The van der Waals surface area contributed by atoms with Crippen LogP contribution >= 0.6 is 0 Å². The molecule has 0 radical (unpaired) electrons. The summed E-state index contributed by atoms with van der Waals surface area (Å²) < 4.78 is 5.70. The van der Waals surface area contributed by atoms with Gasteiger partial charge in [0.15, 0.2) is 0 Å². The fraction of sp³-hybridized carbons (Fsp3) is 0.696. The molecule has 1 aromatic rings. The van der Waals surface area contributed by atoms with Gasteiger partial charge < -0.3 is 15.0 Å². The van der Waals surface area contributed by atoms with E-state index in [4.69, 9.17) is 4.74 Å². The Morgan fingerprint density at radius 1 is 1.07 bits per heavy atom. The first-order valence-corrected chi connectivity index (χ1v) is 11.0. The average Bonchev–Trinajstić information content (AvgIpc) is 2.71. The van der Waals surface area contributed by atoms with Crippen LogP contribution < -0.4 is 10.1 Å². The number of likely N-dealkylation sites (tertiary alicyclic amines) is 1. The van der Waals surface area contributed by atoms with Gasteiger partial charge in [-0.05, 0) is 75.4 Å². The number of ether oxygens (including phenoxy) is 1. The number of piperidine rings is 1. The van der Waals surface area contributed by atoms with Gasteiger partial charge in [-0.25, -0.2) is 0 Å². The Balaban J connectivity index is 1.52. The predicted molar refractivity (Wildman–Crippen MR) is 110 cm³/mol. The number of benzene rings is 1. The summed E-state index contributed by atoms with van der Waals surface area (Å²) in [6.07, 6.45) is 11.1. The predicted octanol–water partition coefficient (Wildman–Crippen LogP) is 4.64. The molecule has 1 aliphatic heterocycles. The molecule has 1 N–H and O–H groups in total. The van der Waals surface area contributed by atoms with E-state index in [1.54, 1.807) is 0 Å². The molecule has 2 atom stereocenters. The van der Waals surface area contributed by atoms with Gasteiger partial charge in [-0.1, -0.05) is 32.6 Å². The summed E-state index contributed by atoms with van der Waals surface area (Å²) in [6.45, 7) is 6.51. The molecule has 1 saturated heterocycles. The first-order chi connectivity index (χ1) is 13.3. The van der Waals surface area contributed by atoms with E-state index < -0.39 is 0 Å². The molecule has 1 saturated carbocycles. The van der Waals surface area contributed by atoms with Gasteiger partial charge in [0.05, 0.1) is 6.61 Å². The van der Waals surface area contributed by atoms with Crippen LogP contribution in [0.2, 0.25) is 0 Å². The molecular formula is C23H36N2O2. The van der Waals surface area contributed by atoms with Gasteiger partial charge >= 0.3 is 0 Å². The van der Waals surface area contributed by atoms with Crippen LogP contribution in [0.15, 0.2) is 24.3 Å². The maximum atomic E-state index is 12.8. The van der Waals surface area contributed by atoms with Crippen molar-refractivity contribution in [1.29, 1.82) is 0 Å². The number of amides is 1. The van der Waals surface area contributed by atoms with Gasteiger partial charge in [0, 0.05) is 18.2 Å². The number of carbonyl (C=O) groups excluding carboxylic acids is 1. The molecule has 2 fully saturated rings. The van der Waals surface area contributed by atoms with Crippen molar-refractivity contribution in [3.05, 3.63) is 29.8 Å². The lowest BCUT2D eigenvalue weighted by Gasteiger charge is -2.37.